The zero-order chi connectivity index (χ0) is 16.2. The van der Waals surface area contributed by atoms with Crippen molar-refractivity contribution in [3.05, 3.63) is 35.6 Å². The summed E-state index contributed by atoms with van der Waals surface area (Å²) >= 11 is 0. The highest BCUT2D eigenvalue weighted by molar-refractivity contribution is 7.89. The van der Waals surface area contributed by atoms with E-state index < -0.39 is 10.0 Å². The molecular weight excluding hydrogens is 303 g/mol. The fourth-order valence-electron chi connectivity index (χ4n) is 2.93. The van der Waals surface area contributed by atoms with Crippen LogP contribution in [0.1, 0.15) is 38.3 Å². The van der Waals surface area contributed by atoms with Gasteiger partial charge in [-0.05, 0) is 23.6 Å². The van der Waals surface area contributed by atoms with Gasteiger partial charge < -0.3 is 5.32 Å². The van der Waals surface area contributed by atoms with Crippen molar-refractivity contribution < 1.29 is 12.8 Å². The van der Waals surface area contributed by atoms with Gasteiger partial charge in [0.25, 0.3) is 0 Å². The first-order valence-electron chi connectivity index (χ1n) is 7.93. The van der Waals surface area contributed by atoms with Crippen molar-refractivity contribution in [2.24, 2.45) is 5.92 Å². The van der Waals surface area contributed by atoms with Gasteiger partial charge in [-0.15, -0.1) is 0 Å². The summed E-state index contributed by atoms with van der Waals surface area (Å²) in [6, 6.07) is 5.90. The molecule has 6 heteroatoms. The van der Waals surface area contributed by atoms with Crippen LogP contribution in [0.3, 0.4) is 0 Å². The van der Waals surface area contributed by atoms with Crippen molar-refractivity contribution >= 4 is 10.0 Å². The van der Waals surface area contributed by atoms with Crippen LogP contribution in [0.2, 0.25) is 0 Å². The summed E-state index contributed by atoms with van der Waals surface area (Å²) in [6.07, 6.45) is 1.71. The minimum atomic E-state index is -3.35. The summed E-state index contributed by atoms with van der Waals surface area (Å²) < 4.78 is 40.6. The Morgan fingerprint density at radius 3 is 2.73 bits per heavy atom. The van der Waals surface area contributed by atoms with E-state index in [2.05, 4.69) is 5.32 Å². The lowest BCUT2D eigenvalue weighted by Crippen LogP contribution is -2.49. The Kier molecular flexibility index (Phi) is 5.94. The van der Waals surface area contributed by atoms with E-state index in [9.17, 15) is 12.8 Å². The van der Waals surface area contributed by atoms with Crippen LogP contribution in [0, 0.1) is 11.7 Å². The topological polar surface area (TPSA) is 49.4 Å². The van der Waals surface area contributed by atoms with Crippen molar-refractivity contribution in [3.63, 3.8) is 0 Å². The molecule has 1 heterocycles. The van der Waals surface area contributed by atoms with Crippen LogP contribution in [0.25, 0.3) is 0 Å². The standard InChI is InChI=1S/C16H25FN2O2S/c1-3-13(4-2)12-22(20,21)19-9-8-18-11-16(19)14-6-5-7-15(17)10-14/h5-7,10,13,16,18H,3-4,8-9,11-12H2,1-2H3. The third-order valence-corrected chi connectivity index (χ3v) is 6.43. The van der Waals surface area contributed by atoms with Gasteiger partial charge in [-0.1, -0.05) is 38.8 Å². The minimum absolute atomic E-state index is 0.172. The van der Waals surface area contributed by atoms with Crippen LogP contribution in [-0.2, 0) is 10.0 Å². The second-order valence-electron chi connectivity index (χ2n) is 5.85. The van der Waals surface area contributed by atoms with Crippen molar-refractivity contribution in [2.45, 2.75) is 32.7 Å². The molecule has 1 unspecified atom stereocenters. The molecule has 0 aromatic heterocycles. The summed E-state index contributed by atoms with van der Waals surface area (Å²) in [5.74, 6) is 0.0136. The number of nitrogens with one attached hydrogen (secondary N) is 1. The van der Waals surface area contributed by atoms with Gasteiger partial charge in [-0.25, -0.2) is 12.8 Å². The molecule has 22 heavy (non-hydrogen) atoms. The predicted molar refractivity (Wildman–Crippen MR) is 86.6 cm³/mol. The van der Waals surface area contributed by atoms with E-state index >= 15 is 0 Å². The molecule has 1 aliphatic heterocycles. The molecule has 1 atom stereocenters. The van der Waals surface area contributed by atoms with E-state index in [0.29, 0.717) is 25.2 Å². The third kappa shape index (κ3) is 4.06. The normalized spacial score (nSPS) is 20.5. The van der Waals surface area contributed by atoms with Crippen LogP contribution in [0.15, 0.2) is 24.3 Å². The van der Waals surface area contributed by atoms with E-state index in [4.69, 9.17) is 0 Å². The number of hydrogen-bond acceptors (Lipinski definition) is 3. The number of piperazine rings is 1. The van der Waals surface area contributed by atoms with Crippen molar-refractivity contribution in [2.75, 3.05) is 25.4 Å². The third-order valence-electron chi connectivity index (χ3n) is 4.39. The van der Waals surface area contributed by atoms with Gasteiger partial charge in [0, 0.05) is 19.6 Å². The zero-order valence-electron chi connectivity index (χ0n) is 13.3. The highest BCUT2D eigenvalue weighted by Gasteiger charge is 2.34. The summed E-state index contributed by atoms with van der Waals surface area (Å²) in [5.41, 5.74) is 0.709. The van der Waals surface area contributed by atoms with Gasteiger partial charge in [0.05, 0.1) is 11.8 Å². The first-order chi connectivity index (χ1) is 10.5. The number of nitrogens with zero attached hydrogens (tertiary/aromatic N) is 1. The molecule has 0 saturated carbocycles. The quantitative estimate of drug-likeness (QED) is 0.873. The Balaban J connectivity index is 2.26. The SMILES string of the molecule is CCC(CC)CS(=O)(=O)N1CCNCC1c1cccc(F)c1. The molecule has 1 aliphatic rings. The Hall–Kier alpha value is -0.980. The van der Waals surface area contributed by atoms with Crippen LogP contribution < -0.4 is 5.32 Å². The molecule has 0 spiro atoms. The van der Waals surface area contributed by atoms with Crippen molar-refractivity contribution in [3.8, 4) is 0 Å². The van der Waals surface area contributed by atoms with Gasteiger partial charge in [-0.3, -0.25) is 0 Å². The molecule has 1 aromatic rings. The first kappa shape index (κ1) is 17.4. The summed E-state index contributed by atoms with van der Waals surface area (Å²) in [7, 11) is -3.35. The fourth-order valence-corrected chi connectivity index (χ4v) is 5.15. The molecule has 124 valence electrons. The maximum Gasteiger partial charge on any atom is 0.215 e. The summed E-state index contributed by atoms with van der Waals surface area (Å²) in [6.45, 7) is 5.63. The summed E-state index contributed by atoms with van der Waals surface area (Å²) in [4.78, 5) is 0. The molecule has 1 saturated heterocycles. The molecule has 2 rings (SSSR count). The van der Waals surface area contributed by atoms with Gasteiger partial charge >= 0.3 is 0 Å². The zero-order valence-corrected chi connectivity index (χ0v) is 14.1. The number of sulfonamides is 1. The molecule has 0 aliphatic carbocycles. The van der Waals surface area contributed by atoms with Gasteiger partial charge in [0.15, 0.2) is 0 Å². The molecular formula is C16H25FN2O2S. The molecule has 1 fully saturated rings. The van der Waals surface area contributed by atoms with Crippen LogP contribution in [0.5, 0.6) is 0 Å². The fraction of sp³-hybridized carbons (Fsp3) is 0.625. The van der Waals surface area contributed by atoms with E-state index in [-0.39, 0.29) is 23.5 Å². The largest absolute Gasteiger partial charge is 0.313 e. The highest BCUT2D eigenvalue weighted by atomic mass is 32.2. The predicted octanol–water partition coefficient (Wildman–Crippen LogP) is 2.54. The molecule has 0 bridgehead atoms. The van der Waals surface area contributed by atoms with E-state index in [1.165, 1.54) is 12.1 Å². The van der Waals surface area contributed by atoms with E-state index in [1.54, 1.807) is 16.4 Å². The number of halogens is 1. The van der Waals surface area contributed by atoms with Crippen molar-refractivity contribution in [1.29, 1.82) is 0 Å². The number of hydrogen-bond donors (Lipinski definition) is 1. The second kappa shape index (κ2) is 7.53. The highest BCUT2D eigenvalue weighted by Crippen LogP contribution is 2.27. The minimum Gasteiger partial charge on any atom is -0.313 e. The summed E-state index contributed by atoms with van der Waals surface area (Å²) in [5, 5.41) is 3.21. The van der Waals surface area contributed by atoms with Gasteiger partial charge in [-0.2, -0.15) is 4.31 Å². The molecule has 1 N–H and O–H groups in total. The van der Waals surface area contributed by atoms with Crippen LogP contribution >= 0.6 is 0 Å². The monoisotopic (exact) mass is 328 g/mol. The molecule has 1 aromatic carbocycles. The molecule has 0 amide bonds. The maximum absolute atomic E-state index is 13.5. The van der Waals surface area contributed by atoms with Crippen molar-refractivity contribution in [1.82, 2.24) is 9.62 Å². The lowest BCUT2D eigenvalue weighted by atomic mass is 10.1. The lowest BCUT2D eigenvalue weighted by Gasteiger charge is -2.36. The van der Waals surface area contributed by atoms with E-state index in [1.807, 2.05) is 13.8 Å². The Bertz CT molecular complexity index is 588. The second-order valence-corrected chi connectivity index (χ2v) is 7.81. The molecule has 0 radical (unpaired) electrons. The van der Waals surface area contributed by atoms with Gasteiger partial charge in [0.2, 0.25) is 10.0 Å². The molecule has 4 nitrogen and oxygen atoms in total. The Morgan fingerprint density at radius 2 is 2.09 bits per heavy atom. The Labute approximate surface area is 132 Å². The maximum atomic E-state index is 13.5. The average Bonchev–Trinajstić information content (AvgIpc) is 2.52. The number of benzene rings is 1. The Morgan fingerprint density at radius 1 is 1.36 bits per heavy atom. The van der Waals surface area contributed by atoms with Crippen LogP contribution in [-0.4, -0.2) is 38.1 Å². The first-order valence-corrected chi connectivity index (χ1v) is 9.54. The number of rotatable bonds is 6. The van der Waals surface area contributed by atoms with Gasteiger partial charge in [0.1, 0.15) is 5.82 Å². The average molecular weight is 328 g/mol. The smallest absolute Gasteiger partial charge is 0.215 e. The van der Waals surface area contributed by atoms with Crippen LogP contribution in [0.4, 0.5) is 4.39 Å². The van der Waals surface area contributed by atoms with E-state index in [0.717, 1.165) is 12.8 Å². The lowest BCUT2D eigenvalue weighted by molar-refractivity contribution is 0.269.